The summed E-state index contributed by atoms with van der Waals surface area (Å²) in [6, 6.07) is 30.4. The zero-order valence-electron chi connectivity index (χ0n) is 18.1. The Labute approximate surface area is 183 Å². The molecule has 0 atom stereocenters. The third-order valence-electron chi connectivity index (χ3n) is 6.12. The first-order chi connectivity index (χ1) is 15.1. The highest BCUT2D eigenvalue weighted by Crippen LogP contribution is 2.33. The van der Waals surface area contributed by atoms with Gasteiger partial charge in [-0.25, -0.2) is 0 Å². The van der Waals surface area contributed by atoms with Crippen molar-refractivity contribution in [1.29, 1.82) is 0 Å². The summed E-state index contributed by atoms with van der Waals surface area (Å²) >= 11 is 0. The van der Waals surface area contributed by atoms with Crippen molar-refractivity contribution in [1.82, 2.24) is 4.98 Å². The predicted octanol–water partition coefficient (Wildman–Crippen LogP) is 6.68. The highest BCUT2D eigenvalue weighted by atomic mass is 14.9. The van der Waals surface area contributed by atoms with E-state index in [1.54, 1.807) is 0 Å². The van der Waals surface area contributed by atoms with Crippen LogP contribution < -0.4 is 4.57 Å². The van der Waals surface area contributed by atoms with E-state index in [9.17, 15) is 0 Å². The third-order valence-corrected chi connectivity index (χ3v) is 6.12. The summed E-state index contributed by atoms with van der Waals surface area (Å²) in [5.74, 6) is 0. The molecular weight excluding hydrogens is 376 g/mol. The van der Waals surface area contributed by atoms with E-state index in [1.165, 1.54) is 50.0 Å². The Bertz CT molecular complexity index is 1390. The highest BCUT2D eigenvalue weighted by Gasteiger charge is 2.20. The van der Waals surface area contributed by atoms with Crippen LogP contribution in [0.2, 0.25) is 0 Å². The van der Waals surface area contributed by atoms with Crippen molar-refractivity contribution in [3.05, 3.63) is 109 Å². The molecule has 0 radical (unpaired) electrons. The summed E-state index contributed by atoms with van der Waals surface area (Å²) in [5, 5.41) is 2.51. The number of benzene rings is 3. The number of fused-ring (bicyclic) bond motifs is 1. The second-order valence-corrected chi connectivity index (χ2v) is 8.13. The van der Waals surface area contributed by atoms with Gasteiger partial charge in [0.05, 0.1) is 5.39 Å². The fourth-order valence-electron chi connectivity index (χ4n) is 4.36. The van der Waals surface area contributed by atoms with Gasteiger partial charge in [-0.3, -0.25) is 4.98 Å². The molecule has 2 nitrogen and oxygen atoms in total. The van der Waals surface area contributed by atoms with E-state index in [4.69, 9.17) is 0 Å². The van der Waals surface area contributed by atoms with Crippen LogP contribution in [0.1, 0.15) is 11.3 Å². The van der Waals surface area contributed by atoms with E-state index in [1.807, 2.05) is 18.5 Å². The fourth-order valence-corrected chi connectivity index (χ4v) is 4.36. The molecule has 0 unspecified atom stereocenters. The van der Waals surface area contributed by atoms with E-state index < -0.39 is 0 Å². The molecule has 2 aromatic heterocycles. The quantitative estimate of drug-likeness (QED) is 0.308. The third kappa shape index (κ3) is 3.51. The minimum absolute atomic E-state index is 1.14. The topological polar surface area (TPSA) is 16.8 Å². The van der Waals surface area contributed by atoms with Gasteiger partial charge in [0.25, 0.3) is 0 Å². The molecule has 0 bridgehead atoms. The van der Waals surface area contributed by atoms with Gasteiger partial charge in [-0.15, -0.1) is 0 Å². The second-order valence-electron chi connectivity index (χ2n) is 8.13. The van der Waals surface area contributed by atoms with Crippen molar-refractivity contribution >= 4 is 10.8 Å². The van der Waals surface area contributed by atoms with Crippen LogP contribution in [0.5, 0.6) is 0 Å². The van der Waals surface area contributed by atoms with Crippen molar-refractivity contribution in [2.45, 2.75) is 13.8 Å². The average Bonchev–Trinajstić information content (AvgIpc) is 2.81. The van der Waals surface area contributed by atoms with Gasteiger partial charge in [-0.1, -0.05) is 54.6 Å². The molecule has 0 fully saturated rings. The van der Waals surface area contributed by atoms with E-state index in [-0.39, 0.29) is 0 Å². The Morgan fingerprint density at radius 2 is 1.42 bits per heavy atom. The van der Waals surface area contributed by atoms with Crippen LogP contribution in [0, 0.1) is 13.8 Å². The first-order valence-corrected chi connectivity index (χ1v) is 10.6. The highest BCUT2D eigenvalue weighted by molar-refractivity contribution is 5.96. The zero-order valence-corrected chi connectivity index (χ0v) is 18.1. The number of nitrogens with zero attached hydrogens (tertiary/aromatic N) is 2. The Morgan fingerprint density at radius 3 is 2.16 bits per heavy atom. The molecule has 3 aromatic carbocycles. The van der Waals surface area contributed by atoms with Crippen LogP contribution in [0.3, 0.4) is 0 Å². The fraction of sp³-hybridized carbons (Fsp3) is 0.103. The van der Waals surface area contributed by atoms with E-state index >= 15 is 0 Å². The van der Waals surface area contributed by atoms with Crippen molar-refractivity contribution in [3.8, 4) is 33.5 Å². The maximum absolute atomic E-state index is 4.28. The monoisotopic (exact) mass is 401 g/mol. The van der Waals surface area contributed by atoms with Gasteiger partial charge < -0.3 is 0 Å². The van der Waals surface area contributed by atoms with Gasteiger partial charge in [0.1, 0.15) is 7.05 Å². The van der Waals surface area contributed by atoms with Crippen LogP contribution in [-0.2, 0) is 7.05 Å². The minimum Gasteiger partial charge on any atom is -0.264 e. The SMILES string of the molecule is Cc1cc(-c2ccccc2)ccc1-c1c2ccc(-c3cccnc3)cc2cc(C)[n+]1C. The Hall–Kier alpha value is -3.78. The molecule has 5 aromatic rings. The molecular formula is C29H25N2+. The summed E-state index contributed by atoms with van der Waals surface area (Å²) in [6.07, 6.45) is 3.74. The van der Waals surface area contributed by atoms with E-state index in [2.05, 4.69) is 109 Å². The molecule has 0 aliphatic carbocycles. The molecule has 0 saturated heterocycles. The Kier molecular flexibility index (Phi) is 4.83. The molecule has 0 aliphatic heterocycles. The van der Waals surface area contributed by atoms with Crippen molar-refractivity contribution in [3.63, 3.8) is 0 Å². The molecule has 0 N–H and O–H groups in total. The van der Waals surface area contributed by atoms with Crippen LogP contribution in [0.4, 0.5) is 0 Å². The van der Waals surface area contributed by atoms with Gasteiger partial charge in [0, 0.05) is 36.5 Å². The zero-order chi connectivity index (χ0) is 21.4. The van der Waals surface area contributed by atoms with Crippen LogP contribution in [0.15, 0.2) is 97.3 Å². The predicted molar refractivity (Wildman–Crippen MR) is 129 cm³/mol. The van der Waals surface area contributed by atoms with Crippen molar-refractivity contribution < 1.29 is 4.57 Å². The number of aromatic nitrogens is 2. The van der Waals surface area contributed by atoms with E-state index in [0.717, 1.165) is 5.56 Å². The molecule has 5 rings (SSSR count). The standard InChI is InChI=1S/C29H25N2/c1-20-16-23(22-8-5-4-6-9-22)11-13-27(20)29-28-14-12-24(25-10-7-15-30-19-25)18-26(28)17-21(2)31(29)3/h4-19H,1-3H3/q+1. The lowest BCUT2D eigenvalue weighted by molar-refractivity contribution is -0.665. The van der Waals surface area contributed by atoms with Gasteiger partial charge in [0.15, 0.2) is 5.69 Å². The summed E-state index contributed by atoms with van der Waals surface area (Å²) in [4.78, 5) is 4.28. The summed E-state index contributed by atoms with van der Waals surface area (Å²) in [7, 11) is 2.16. The smallest absolute Gasteiger partial charge is 0.220 e. The Morgan fingerprint density at radius 1 is 0.677 bits per heavy atom. The first kappa shape index (κ1) is 19.2. The molecule has 2 heteroatoms. The number of aryl methyl sites for hydroxylation is 2. The first-order valence-electron chi connectivity index (χ1n) is 10.6. The van der Waals surface area contributed by atoms with Gasteiger partial charge in [-0.05, 0) is 58.8 Å². The van der Waals surface area contributed by atoms with Gasteiger partial charge in [-0.2, -0.15) is 4.57 Å². The van der Waals surface area contributed by atoms with Crippen LogP contribution >= 0.6 is 0 Å². The van der Waals surface area contributed by atoms with Gasteiger partial charge in [0.2, 0.25) is 5.69 Å². The maximum Gasteiger partial charge on any atom is 0.220 e. The molecule has 0 aliphatic rings. The van der Waals surface area contributed by atoms with Crippen LogP contribution in [-0.4, -0.2) is 4.98 Å². The number of hydrogen-bond acceptors (Lipinski definition) is 1. The minimum atomic E-state index is 1.14. The number of rotatable bonds is 3. The van der Waals surface area contributed by atoms with Crippen molar-refractivity contribution in [2.75, 3.05) is 0 Å². The summed E-state index contributed by atoms with van der Waals surface area (Å²) in [6.45, 7) is 4.38. The molecule has 0 spiro atoms. The van der Waals surface area contributed by atoms with Crippen LogP contribution in [0.25, 0.3) is 44.3 Å². The molecule has 0 amide bonds. The normalized spacial score (nSPS) is 11.1. The summed E-state index contributed by atoms with van der Waals surface area (Å²) in [5.41, 5.74) is 9.86. The Balaban J connectivity index is 1.68. The number of hydrogen-bond donors (Lipinski definition) is 0. The largest absolute Gasteiger partial charge is 0.264 e. The molecule has 2 heterocycles. The number of pyridine rings is 2. The average molecular weight is 402 g/mol. The lowest BCUT2D eigenvalue weighted by atomic mass is 9.94. The lowest BCUT2D eigenvalue weighted by Gasteiger charge is -2.12. The van der Waals surface area contributed by atoms with Crippen molar-refractivity contribution in [2.24, 2.45) is 7.05 Å². The lowest BCUT2D eigenvalue weighted by Crippen LogP contribution is -2.35. The molecule has 31 heavy (non-hydrogen) atoms. The maximum atomic E-state index is 4.28. The summed E-state index contributed by atoms with van der Waals surface area (Å²) < 4.78 is 2.30. The second kappa shape index (κ2) is 7.81. The molecule has 150 valence electrons. The van der Waals surface area contributed by atoms with Gasteiger partial charge >= 0.3 is 0 Å². The molecule has 0 saturated carbocycles. The van der Waals surface area contributed by atoms with E-state index in [0.29, 0.717) is 0 Å².